The molecule has 5 nitrogen and oxygen atoms in total. The number of carbonyl (C=O) groups is 2. The summed E-state index contributed by atoms with van der Waals surface area (Å²) in [6, 6.07) is 17.6. The molecule has 0 radical (unpaired) electrons. The number of nitrogens with zero attached hydrogens (tertiary/aromatic N) is 1. The Morgan fingerprint density at radius 3 is 2.36 bits per heavy atom. The van der Waals surface area contributed by atoms with Gasteiger partial charge in [0.2, 0.25) is 11.8 Å². The Balaban J connectivity index is 1.73. The molecule has 142 valence electrons. The van der Waals surface area contributed by atoms with Crippen LogP contribution in [0.15, 0.2) is 59.1 Å². The number of anilines is 1. The van der Waals surface area contributed by atoms with Crippen LogP contribution < -0.4 is 10.6 Å². The van der Waals surface area contributed by atoms with Crippen LogP contribution in [0.25, 0.3) is 0 Å². The third-order valence-electron chi connectivity index (χ3n) is 4.52. The number of carbonyl (C=O) groups excluding carboxylic acids is 2. The molecule has 1 heterocycles. The third-order valence-corrected chi connectivity index (χ3v) is 5.54. The van der Waals surface area contributed by atoms with Gasteiger partial charge in [0.1, 0.15) is 0 Å². The zero-order valence-electron chi connectivity index (χ0n) is 15.8. The van der Waals surface area contributed by atoms with Crippen LogP contribution >= 0.6 is 11.8 Å². The molecule has 0 aliphatic carbocycles. The summed E-state index contributed by atoms with van der Waals surface area (Å²) >= 11 is 1.18. The van der Waals surface area contributed by atoms with Crippen LogP contribution in [-0.4, -0.2) is 17.6 Å². The predicted molar refractivity (Wildman–Crippen MR) is 112 cm³/mol. The van der Waals surface area contributed by atoms with E-state index in [4.69, 9.17) is 0 Å². The summed E-state index contributed by atoms with van der Waals surface area (Å²) in [4.78, 5) is 24.4. The summed E-state index contributed by atoms with van der Waals surface area (Å²) in [5.41, 5.74) is 4.38. The molecule has 28 heavy (non-hydrogen) atoms. The summed E-state index contributed by atoms with van der Waals surface area (Å²) in [7, 11) is 0. The van der Waals surface area contributed by atoms with Gasteiger partial charge < -0.3 is 10.6 Å². The maximum Gasteiger partial charge on any atom is 0.234 e. The highest BCUT2D eigenvalue weighted by molar-refractivity contribution is 8.03. The number of rotatable bonds is 5. The van der Waals surface area contributed by atoms with Crippen LogP contribution in [0, 0.1) is 25.2 Å². The lowest BCUT2D eigenvalue weighted by Crippen LogP contribution is -2.31. The highest BCUT2D eigenvalue weighted by Crippen LogP contribution is 2.36. The summed E-state index contributed by atoms with van der Waals surface area (Å²) in [5.74, 6) is -0.520. The first kappa shape index (κ1) is 19.7. The van der Waals surface area contributed by atoms with E-state index in [1.165, 1.54) is 11.8 Å². The molecule has 0 saturated heterocycles. The van der Waals surface area contributed by atoms with Gasteiger partial charge in [-0.15, -0.1) is 0 Å². The van der Waals surface area contributed by atoms with Gasteiger partial charge in [-0.05, 0) is 31.5 Å². The first-order valence-electron chi connectivity index (χ1n) is 8.96. The molecule has 2 N–H and O–H groups in total. The van der Waals surface area contributed by atoms with E-state index in [-0.39, 0.29) is 29.9 Å². The zero-order valence-corrected chi connectivity index (χ0v) is 16.6. The Bertz CT molecular complexity index is 957. The molecule has 1 aliphatic rings. The maximum absolute atomic E-state index is 12.3. The second-order valence-corrected chi connectivity index (χ2v) is 7.76. The molecule has 6 heteroatoms. The van der Waals surface area contributed by atoms with Gasteiger partial charge in [-0.3, -0.25) is 9.59 Å². The van der Waals surface area contributed by atoms with Crippen molar-refractivity contribution < 1.29 is 9.59 Å². The fourth-order valence-electron chi connectivity index (χ4n) is 2.99. The summed E-state index contributed by atoms with van der Waals surface area (Å²) < 4.78 is 0. The third kappa shape index (κ3) is 4.81. The van der Waals surface area contributed by atoms with Crippen molar-refractivity contribution in [2.24, 2.45) is 0 Å². The number of hydrogen-bond acceptors (Lipinski definition) is 4. The van der Waals surface area contributed by atoms with Gasteiger partial charge in [-0.1, -0.05) is 59.3 Å². The molecule has 0 aromatic heterocycles. The molecule has 0 spiro atoms. The smallest absolute Gasteiger partial charge is 0.234 e. The second-order valence-electron chi connectivity index (χ2n) is 6.77. The van der Waals surface area contributed by atoms with Crippen molar-refractivity contribution in [3.63, 3.8) is 0 Å². The van der Waals surface area contributed by atoms with E-state index < -0.39 is 0 Å². The van der Waals surface area contributed by atoms with Gasteiger partial charge in [0.05, 0.1) is 22.4 Å². The van der Waals surface area contributed by atoms with E-state index in [9.17, 15) is 14.9 Å². The van der Waals surface area contributed by atoms with Gasteiger partial charge in [0.25, 0.3) is 0 Å². The van der Waals surface area contributed by atoms with Crippen LogP contribution in [0.2, 0.25) is 0 Å². The minimum absolute atomic E-state index is 0.106. The standard InChI is InChI=1S/C22H21N3O2S/c1-14-3-7-16(8-4-14)18-11-20(26)25-22(19(18)12-23)28-13-21(27)24-17-9-5-15(2)6-10-17/h3-10,18H,11,13H2,1-2H3,(H,24,27)(H,25,26)/t18-/m1/s1. The Kier molecular flexibility index (Phi) is 6.17. The average Bonchev–Trinajstić information content (AvgIpc) is 2.68. The number of nitriles is 1. The fraction of sp³-hybridized carbons (Fsp3) is 0.227. The molecular weight excluding hydrogens is 370 g/mol. The van der Waals surface area contributed by atoms with Crippen LogP contribution in [0.4, 0.5) is 5.69 Å². The minimum atomic E-state index is -0.290. The molecule has 0 saturated carbocycles. The SMILES string of the molecule is Cc1ccc(NC(=O)CSC2=C(C#N)[C@@H](c3ccc(C)cc3)CC(=O)N2)cc1. The number of thioether (sulfide) groups is 1. The quantitative estimate of drug-likeness (QED) is 0.807. The van der Waals surface area contributed by atoms with E-state index in [1.54, 1.807) is 0 Å². The Hall–Kier alpha value is -3.04. The molecule has 0 unspecified atom stereocenters. The monoisotopic (exact) mass is 391 g/mol. The predicted octanol–water partition coefficient (Wildman–Crippen LogP) is 4.01. The van der Waals surface area contributed by atoms with Crippen molar-refractivity contribution in [2.75, 3.05) is 11.1 Å². The van der Waals surface area contributed by atoms with Gasteiger partial charge in [0.15, 0.2) is 0 Å². The summed E-state index contributed by atoms with van der Waals surface area (Å²) in [6.45, 7) is 3.97. The van der Waals surface area contributed by atoms with Crippen molar-refractivity contribution >= 4 is 29.3 Å². The molecule has 1 atom stereocenters. The lowest BCUT2D eigenvalue weighted by Gasteiger charge is -2.25. The number of benzene rings is 2. The van der Waals surface area contributed by atoms with E-state index in [0.717, 1.165) is 22.4 Å². The molecule has 2 aromatic carbocycles. The molecule has 2 amide bonds. The van der Waals surface area contributed by atoms with Crippen molar-refractivity contribution in [3.05, 3.63) is 75.8 Å². The van der Waals surface area contributed by atoms with Crippen molar-refractivity contribution in [2.45, 2.75) is 26.2 Å². The van der Waals surface area contributed by atoms with Gasteiger partial charge in [-0.25, -0.2) is 0 Å². The largest absolute Gasteiger partial charge is 0.325 e. The normalized spacial score (nSPS) is 16.3. The van der Waals surface area contributed by atoms with Crippen molar-refractivity contribution in [3.8, 4) is 6.07 Å². The van der Waals surface area contributed by atoms with E-state index >= 15 is 0 Å². The highest BCUT2D eigenvalue weighted by atomic mass is 32.2. The van der Waals surface area contributed by atoms with E-state index in [2.05, 4.69) is 16.7 Å². The molecule has 0 bridgehead atoms. The number of nitrogens with one attached hydrogen (secondary N) is 2. The van der Waals surface area contributed by atoms with Gasteiger partial charge >= 0.3 is 0 Å². The van der Waals surface area contributed by atoms with Crippen LogP contribution in [0.5, 0.6) is 0 Å². The Morgan fingerprint density at radius 2 is 1.75 bits per heavy atom. The van der Waals surface area contributed by atoms with Gasteiger partial charge in [-0.2, -0.15) is 5.26 Å². The number of hydrogen-bond donors (Lipinski definition) is 2. The molecular formula is C22H21N3O2S. The molecule has 2 aromatic rings. The van der Waals surface area contributed by atoms with Crippen LogP contribution in [0.3, 0.4) is 0 Å². The average molecular weight is 391 g/mol. The number of aryl methyl sites for hydroxylation is 2. The zero-order chi connectivity index (χ0) is 20.1. The Morgan fingerprint density at radius 1 is 1.14 bits per heavy atom. The number of allylic oxidation sites excluding steroid dienone is 1. The van der Waals surface area contributed by atoms with Crippen LogP contribution in [-0.2, 0) is 9.59 Å². The van der Waals surface area contributed by atoms with Crippen molar-refractivity contribution in [1.82, 2.24) is 5.32 Å². The minimum Gasteiger partial charge on any atom is -0.325 e. The van der Waals surface area contributed by atoms with Crippen molar-refractivity contribution in [1.29, 1.82) is 5.26 Å². The molecule has 0 fully saturated rings. The first-order chi connectivity index (χ1) is 13.5. The molecule has 1 aliphatic heterocycles. The first-order valence-corrected chi connectivity index (χ1v) is 9.95. The maximum atomic E-state index is 12.3. The lowest BCUT2D eigenvalue weighted by atomic mass is 9.87. The fourth-order valence-corrected chi connectivity index (χ4v) is 3.87. The summed E-state index contributed by atoms with van der Waals surface area (Å²) in [6.07, 6.45) is 0.228. The summed E-state index contributed by atoms with van der Waals surface area (Å²) in [5, 5.41) is 15.7. The highest BCUT2D eigenvalue weighted by Gasteiger charge is 2.29. The van der Waals surface area contributed by atoms with E-state index in [0.29, 0.717) is 10.6 Å². The van der Waals surface area contributed by atoms with E-state index in [1.807, 2.05) is 62.4 Å². The number of amides is 2. The molecule has 3 rings (SSSR count). The second kappa shape index (κ2) is 8.77. The Labute approximate surface area is 168 Å². The van der Waals surface area contributed by atoms with Crippen LogP contribution in [0.1, 0.15) is 29.0 Å². The topological polar surface area (TPSA) is 82.0 Å². The van der Waals surface area contributed by atoms with Gasteiger partial charge in [0, 0.05) is 18.0 Å². The lowest BCUT2D eigenvalue weighted by molar-refractivity contribution is -0.121.